The summed E-state index contributed by atoms with van der Waals surface area (Å²) in [6.45, 7) is 0.787. The Kier molecular flexibility index (Phi) is 8.67. The molecule has 1 N–H and O–H groups in total. The average molecular weight is 575 g/mol. The summed E-state index contributed by atoms with van der Waals surface area (Å²) in [5.41, 5.74) is 3.77. The molecular formula is C31H25Cl2N3O2S. The van der Waals surface area contributed by atoms with E-state index in [4.69, 9.17) is 28.2 Å². The van der Waals surface area contributed by atoms with E-state index in [2.05, 4.69) is 5.32 Å². The highest BCUT2D eigenvalue weighted by Crippen LogP contribution is 2.24. The SMILES string of the molecule is O=C(NCc1ccccc1Cl)c1ccc2c(=O)n(CCc3ccccc3)c(SCc3cccc(Cl)c3)nc2c1. The van der Waals surface area contributed by atoms with Crippen molar-refractivity contribution in [3.05, 3.63) is 140 Å². The van der Waals surface area contributed by atoms with Crippen LogP contribution in [0.25, 0.3) is 10.9 Å². The Morgan fingerprint density at radius 3 is 2.44 bits per heavy atom. The normalized spacial score (nSPS) is 11.0. The molecule has 0 bridgehead atoms. The number of amides is 1. The Morgan fingerprint density at radius 2 is 1.64 bits per heavy atom. The van der Waals surface area contributed by atoms with Crippen molar-refractivity contribution in [3.63, 3.8) is 0 Å². The van der Waals surface area contributed by atoms with Gasteiger partial charge >= 0.3 is 0 Å². The predicted octanol–water partition coefficient (Wildman–Crippen LogP) is 7.17. The zero-order chi connectivity index (χ0) is 27.2. The van der Waals surface area contributed by atoms with Gasteiger partial charge in [0.2, 0.25) is 0 Å². The predicted molar refractivity (Wildman–Crippen MR) is 160 cm³/mol. The third-order valence-electron chi connectivity index (χ3n) is 6.30. The van der Waals surface area contributed by atoms with Gasteiger partial charge < -0.3 is 5.32 Å². The number of nitrogens with one attached hydrogen (secondary N) is 1. The number of benzene rings is 4. The monoisotopic (exact) mass is 573 g/mol. The highest BCUT2D eigenvalue weighted by Gasteiger charge is 2.15. The van der Waals surface area contributed by atoms with Crippen molar-refractivity contribution in [2.45, 2.75) is 30.4 Å². The molecule has 0 aliphatic heterocycles. The zero-order valence-electron chi connectivity index (χ0n) is 20.9. The number of thioether (sulfide) groups is 1. The number of aromatic nitrogens is 2. The largest absolute Gasteiger partial charge is 0.348 e. The van der Waals surface area contributed by atoms with Crippen LogP contribution in [0, 0.1) is 0 Å². The third kappa shape index (κ3) is 6.71. The number of fused-ring (bicyclic) bond motifs is 1. The molecule has 0 saturated carbocycles. The van der Waals surface area contributed by atoms with Crippen LogP contribution in [0.1, 0.15) is 27.0 Å². The first-order valence-electron chi connectivity index (χ1n) is 12.5. The molecule has 8 heteroatoms. The second kappa shape index (κ2) is 12.5. The van der Waals surface area contributed by atoms with E-state index in [9.17, 15) is 9.59 Å². The Morgan fingerprint density at radius 1 is 0.872 bits per heavy atom. The van der Waals surface area contributed by atoms with Crippen LogP contribution in [0.4, 0.5) is 0 Å². The van der Waals surface area contributed by atoms with E-state index in [1.54, 1.807) is 28.8 Å². The molecule has 1 heterocycles. The van der Waals surface area contributed by atoms with E-state index in [0.717, 1.165) is 16.7 Å². The molecule has 0 aliphatic rings. The van der Waals surface area contributed by atoms with Gasteiger partial charge in [-0.25, -0.2) is 4.98 Å². The summed E-state index contributed by atoms with van der Waals surface area (Å²) in [5, 5.41) is 5.22. The molecule has 0 fully saturated rings. The number of hydrogen-bond acceptors (Lipinski definition) is 4. The number of aryl methyl sites for hydroxylation is 1. The Labute approximate surface area is 240 Å². The zero-order valence-corrected chi connectivity index (χ0v) is 23.3. The Balaban J connectivity index is 1.44. The van der Waals surface area contributed by atoms with Gasteiger partial charge in [0.25, 0.3) is 11.5 Å². The fourth-order valence-electron chi connectivity index (χ4n) is 4.23. The minimum Gasteiger partial charge on any atom is -0.348 e. The standard InChI is InChI=1S/C31H25Cl2N3O2S/c32-25-11-6-9-22(17-25)20-39-31-35-28-18-23(29(37)34-19-24-10-4-5-12-27(24)33)13-14-26(28)30(38)36(31)16-15-21-7-2-1-3-8-21/h1-14,17-18H,15-16,19-20H2,(H,34,37). The molecule has 0 atom stereocenters. The van der Waals surface area contributed by atoms with E-state index in [-0.39, 0.29) is 11.5 Å². The smallest absolute Gasteiger partial charge is 0.262 e. The summed E-state index contributed by atoms with van der Waals surface area (Å²) in [6.07, 6.45) is 0.696. The van der Waals surface area contributed by atoms with Crippen molar-refractivity contribution in [1.29, 1.82) is 0 Å². The van der Waals surface area contributed by atoms with Gasteiger partial charge in [-0.3, -0.25) is 14.2 Å². The Bertz CT molecular complexity index is 1690. The fourth-order valence-corrected chi connectivity index (χ4v) is 5.61. The molecule has 5 aromatic rings. The second-order valence-electron chi connectivity index (χ2n) is 9.01. The fraction of sp³-hybridized carbons (Fsp3) is 0.129. The van der Waals surface area contributed by atoms with E-state index >= 15 is 0 Å². The van der Waals surface area contributed by atoms with Gasteiger partial charge in [-0.05, 0) is 59.5 Å². The van der Waals surface area contributed by atoms with E-state index < -0.39 is 0 Å². The molecule has 0 spiro atoms. The van der Waals surface area contributed by atoms with Gasteiger partial charge in [-0.2, -0.15) is 0 Å². The van der Waals surface area contributed by atoms with Crippen LogP contribution >= 0.6 is 35.0 Å². The number of hydrogen-bond donors (Lipinski definition) is 1. The van der Waals surface area contributed by atoms with Crippen molar-refractivity contribution in [3.8, 4) is 0 Å². The molecule has 4 aromatic carbocycles. The lowest BCUT2D eigenvalue weighted by Crippen LogP contribution is -2.25. The van der Waals surface area contributed by atoms with Gasteiger partial charge in [-0.15, -0.1) is 0 Å². The van der Waals surface area contributed by atoms with Crippen LogP contribution in [-0.2, 0) is 25.3 Å². The van der Waals surface area contributed by atoms with Crippen molar-refractivity contribution in [1.82, 2.24) is 14.9 Å². The second-order valence-corrected chi connectivity index (χ2v) is 10.8. The number of carbonyl (C=O) groups is 1. The number of rotatable bonds is 9. The van der Waals surface area contributed by atoms with Crippen molar-refractivity contribution in [2.24, 2.45) is 0 Å². The minimum absolute atomic E-state index is 0.132. The van der Waals surface area contributed by atoms with Crippen molar-refractivity contribution >= 4 is 51.8 Å². The van der Waals surface area contributed by atoms with Crippen molar-refractivity contribution < 1.29 is 4.79 Å². The van der Waals surface area contributed by atoms with Gasteiger partial charge in [-0.1, -0.05) is 95.6 Å². The molecule has 5 rings (SSSR count). The molecule has 0 saturated heterocycles. The van der Waals surface area contributed by atoms with Crippen LogP contribution in [0.15, 0.2) is 107 Å². The molecule has 196 valence electrons. The molecule has 39 heavy (non-hydrogen) atoms. The first-order valence-corrected chi connectivity index (χ1v) is 14.2. The Hall–Kier alpha value is -3.58. The first-order chi connectivity index (χ1) is 19.0. The van der Waals surface area contributed by atoms with E-state index in [1.807, 2.05) is 72.8 Å². The number of nitrogens with zero attached hydrogens (tertiary/aromatic N) is 2. The third-order valence-corrected chi connectivity index (χ3v) is 7.95. The molecule has 1 aromatic heterocycles. The van der Waals surface area contributed by atoms with Gasteiger partial charge in [0, 0.05) is 34.5 Å². The van der Waals surface area contributed by atoms with Crippen LogP contribution in [-0.4, -0.2) is 15.5 Å². The van der Waals surface area contributed by atoms with Gasteiger partial charge in [0.05, 0.1) is 10.9 Å². The van der Waals surface area contributed by atoms with Gasteiger partial charge in [0.15, 0.2) is 5.16 Å². The molecular weight excluding hydrogens is 549 g/mol. The quantitative estimate of drug-likeness (QED) is 0.150. The van der Waals surface area contributed by atoms with E-state index in [1.165, 1.54) is 11.8 Å². The van der Waals surface area contributed by atoms with Crippen LogP contribution < -0.4 is 10.9 Å². The van der Waals surface area contributed by atoms with Crippen LogP contribution in [0.5, 0.6) is 0 Å². The highest BCUT2D eigenvalue weighted by atomic mass is 35.5. The first kappa shape index (κ1) is 27.0. The lowest BCUT2D eigenvalue weighted by molar-refractivity contribution is 0.0951. The maximum absolute atomic E-state index is 13.6. The summed E-state index contributed by atoms with van der Waals surface area (Å²) >= 11 is 13.9. The summed E-state index contributed by atoms with van der Waals surface area (Å²) in [6, 6.07) is 30.1. The number of halogens is 2. The topological polar surface area (TPSA) is 64.0 Å². The maximum Gasteiger partial charge on any atom is 0.262 e. The highest BCUT2D eigenvalue weighted by molar-refractivity contribution is 7.98. The average Bonchev–Trinajstić information content (AvgIpc) is 2.95. The maximum atomic E-state index is 13.6. The summed E-state index contributed by atoms with van der Waals surface area (Å²) in [5.74, 6) is 0.335. The minimum atomic E-state index is -0.264. The summed E-state index contributed by atoms with van der Waals surface area (Å²) in [7, 11) is 0. The van der Waals surface area contributed by atoms with Crippen LogP contribution in [0.3, 0.4) is 0 Å². The molecule has 0 unspecified atom stereocenters. The summed E-state index contributed by atoms with van der Waals surface area (Å²) < 4.78 is 1.72. The molecule has 0 aliphatic carbocycles. The van der Waals surface area contributed by atoms with Gasteiger partial charge in [0.1, 0.15) is 0 Å². The number of carbonyl (C=O) groups excluding carboxylic acids is 1. The lowest BCUT2D eigenvalue weighted by atomic mass is 10.1. The van der Waals surface area contributed by atoms with Crippen molar-refractivity contribution in [2.75, 3.05) is 0 Å². The summed E-state index contributed by atoms with van der Waals surface area (Å²) in [4.78, 5) is 31.4. The molecule has 1 amide bonds. The lowest BCUT2D eigenvalue weighted by Gasteiger charge is -2.14. The molecule has 0 radical (unpaired) electrons. The van der Waals surface area contributed by atoms with Crippen LogP contribution in [0.2, 0.25) is 10.0 Å². The van der Waals surface area contributed by atoms with E-state index in [0.29, 0.717) is 56.9 Å². The molecule has 5 nitrogen and oxygen atoms in total.